The number of hydrogen-bond acceptors (Lipinski definition) is 3. The third-order valence-electron chi connectivity index (χ3n) is 4.72. The highest BCUT2D eigenvalue weighted by Gasteiger charge is 2.32. The zero-order valence-corrected chi connectivity index (χ0v) is 12.7. The van der Waals surface area contributed by atoms with E-state index in [0.29, 0.717) is 13.2 Å². The molecule has 0 aromatic rings. The molecule has 1 saturated carbocycles. The van der Waals surface area contributed by atoms with Gasteiger partial charge in [-0.2, -0.15) is 0 Å². The summed E-state index contributed by atoms with van der Waals surface area (Å²) in [4.78, 5) is 12.3. The van der Waals surface area contributed by atoms with Crippen LogP contribution in [0.15, 0.2) is 0 Å². The predicted octanol–water partition coefficient (Wildman–Crippen LogP) is 2.39. The molecule has 116 valence electrons. The summed E-state index contributed by atoms with van der Waals surface area (Å²) in [5, 5.41) is 13.4. The second-order valence-electron chi connectivity index (χ2n) is 6.51. The van der Waals surface area contributed by atoms with Crippen LogP contribution in [0.5, 0.6) is 0 Å². The molecule has 0 spiro atoms. The summed E-state index contributed by atoms with van der Waals surface area (Å²) < 4.78 is 5.68. The number of ether oxygens (including phenoxy) is 1. The average Bonchev–Trinajstić information content (AvgIpc) is 2.46. The van der Waals surface area contributed by atoms with E-state index in [1.807, 2.05) is 0 Å². The molecule has 4 nitrogen and oxygen atoms in total. The number of amides is 1. The molecule has 4 heteroatoms. The fourth-order valence-electron chi connectivity index (χ4n) is 3.42. The number of carbonyl (C=O) groups is 1. The van der Waals surface area contributed by atoms with Crippen molar-refractivity contribution in [1.82, 2.24) is 5.32 Å². The van der Waals surface area contributed by atoms with Gasteiger partial charge in [0.15, 0.2) is 0 Å². The lowest BCUT2D eigenvalue weighted by atomic mass is 9.84. The minimum absolute atomic E-state index is 0.0625. The van der Waals surface area contributed by atoms with Crippen molar-refractivity contribution in [1.29, 1.82) is 0 Å². The zero-order valence-electron chi connectivity index (χ0n) is 12.7. The van der Waals surface area contributed by atoms with Gasteiger partial charge in [-0.05, 0) is 32.1 Å². The van der Waals surface area contributed by atoms with Crippen molar-refractivity contribution in [2.24, 2.45) is 5.92 Å². The standard InChI is InChI=1S/C16H29NO3/c1-2-6-14-11-13(7-10-20-14)15(18)17-12-16(19)8-4-3-5-9-16/h13-14,19H,2-12H2,1H3,(H,17,18). The maximum Gasteiger partial charge on any atom is 0.223 e. The monoisotopic (exact) mass is 283 g/mol. The third-order valence-corrected chi connectivity index (χ3v) is 4.72. The van der Waals surface area contributed by atoms with Crippen LogP contribution in [0, 0.1) is 5.92 Å². The lowest BCUT2D eigenvalue weighted by molar-refractivity contribution is -0.131. The van der Waals surface area contributed by atoms with Gasteiger partial charge >= 0.3 is 0 Å². The van der Waals surface area contributed by atoms with Crippen LogP contribution in [0.4, 0.5) is 0 Å². The largest absolute Gasteiger partial charge is 0.388 e. The van der Waals surface area contributed by atoms with E-state index in [4.69, 9.17) is 4.74 Å². The highest BCUT2D eigenvalue weighted by molar-refractivity contribution is 5.78. The van der Waals surface area contributed by atoms with Crippen LogP contribution in [-0.2, 0) is 9.53 Å². The molecule has 2 N–H and O–H groups in total. The van der Waals surface area contributed by atoms with Gasteiger partial charge in [-0.15, -0.1) is 0 Å². The highest BCUT2D eigenvalue weighted by atomic mass is 16.5. The van der Waals surface area contributed by atoms with E-state index in [1.165, 1.54) is 6.42 Å². The van der Waals surface area contributed by atoms with E-state index in [2.05, 4.69) is 12.2 Å². The fourth-order valence-corrected chi connectivity index (χ4v) is 3.42. The lowest BCUT2D eigenvalue weighted by Crippen LogP contribution is -2.47. The van der Waals surface area contributed by atoms with Gasteiger partial charge in [-0.3, -0.25) is 4.79 Å². The van der Waals surface area contributed by atoms with Crippen molar-refractivity contribution in [3.63, 3.8) is 0 Å². The molecule has 1 saturated heterocycles. The van der Waals surface area contributed by atoms with Gasteiger partial charge in [0, 0.05) is 19.1 Å². The van der Waals surface area contributed by atoms with E-state index < -0.39 is 5.60 Å². The van der Waals surface area contributed by atoms with Crippen LogP contribution >= 0.6 is 0 Å². The molecule has 0 aromatic carbocycles. The number of hydrogen-bond donors (Lipinski definition) is 2. The van der Waals surface area contributed by atoms with Crippen molar-refractivity contribution in [3.8, 4) is 0 Å². The fraction of sp³-hybridized carbons (Fsp3) is 0.938. The van der Waals surface area contributed by atoms with Gasteiger partial charge in [-0.25, -0.2) is 0 Å². The molecule has 2 rings (SSSR count). The van der Waals surface area contributed by atoms with Crippen LogP contribution in [-0.4, -0.2) is 35.9 Å². The molecule has 2 aliphatic rings. The van der Waals surface area contributed by atoms with Crippen molar-refractivity contribution in [2.45, 2.75) is 76.4 Å². The number of nitrogens with one attached hydrogen (secondary N) is 1. The minimum atomic E-state index is -0.665. The first-order valence-electron chi connectivity index (χ1n) is 8.25. The maximum absolute atomic E-state index is 12.3. The molecular weight excluding hydrogens is 254 g/mol. The maximum atomic E-state index is 12.3. The Balaban J connectivity index is 1.76. The number of carbonyl (C=O) groups excluding carboxylic acids is 1. The molecule has 2 atom stereocenters. The second-order valence-corrected chi connectivity index (χ2v) is 6.51. The Labute approximate surface area is 122 Å². The van der Waals surface area contributed by atoms with Crippen molar-refractivity contribution >= 4 is 5.91 Å². The molecule has 0 aromatic heterocycles. The molecule has 1 amide bonds. The van der Waals surface area contributed by atoms with Gasteiger partial charge in [-0.1, -0.05) is 32.6 Å². The van der Waals surface area contributed by atoms with Crippen molar-refractivity contribution in [2.75, 3.05) is 13.2 Å². The first-order valence-corrected chi connectivity index (χ1v) is 8.25. The normalized spacial score (nSPS) is 29.9. The number of rotatable bonds is 5. The average molecular weight is 283 g/mol. The summed E-state index contributed by atoms with van der Waals surface area (Å²) in [6, 6.07) is 0. The quantitative estimate of drug-likeness (QED) is 0.814. The van der Waals surface area contributed by atoms with Gasteiger partial charge in [0.05, 0.1) is 11.7 Å². The van der Waals surface area contributed by atoms with E-state index in [-0.39, 0.29) is 17.9 Å². The van der Waals surface area contributed by atoms with E-state index in [0.717, 1.165) is 51.4 Å². The van der Waals surface area contributed by atoms with Crippen LogP contribution in [0.2, 0.25) is 0 Å². The van der Waals surface area contributed by atoms with Gasteiger partial charge in [0.2, 0.25) is 5.91 Å². The number of aliphatic hydroxyl groups is 1. The molecule has 1 heterocycles. The van der Waals surface area contributed by atoms with Crippen LogP contribution in [0.25, 0.3) is 0 Å². The smallest absolute Gasteiger partial charge is 0.223 e. The van der Waals surface area contributed by atoms with Gasteiger partial charge in [0.1, 0.15) is 0 Å². The molecule has 0 radical (unpaired) electrons. The molecular formula is C16H29NO3. The Hall–Kier alpha value is -0.610. The minimum Gasteiger partial charge on any atom is -0.388 e. The predicted molar refractivity (Wildman–Crippen MR) is 78.4 cm³/mol. The Morgan fingerprint density at radius 2 is 2.10 bits per heavy atom. The van der Waals surface area contributed by atoms with E-state index >= 15 is 0 Å². The van der Waals surface area contributed by atoms with Gasteiger partial charge in [0.25, 0.3) is 0 Å². The summed E-state index contributed by atoms with van der Waals surface area (Å²) in [6.07, 6.45) is 9.00. The van der Waals surface area contributed by atoms with Gasteiger partial charge < -0.3 is 15.2 Å². The topological polar surface area (TPSA) is 58.6 Å². The lowest BCUT2D eigenvalue weighted by Gasteiger charge is -2.33. The Morgan fingerprint density at radius 3 is 2.80 bits per heavy atom. The molecule has 2 fully saturated rings. The van der Waals surface area contributed by atoms with E-state index in [1.54, 1.807) is 0 Å². The summed E-state index contributed by atoms with van der Waals surface area (Å²) in [6.45, 7) is 3.25. The Kier molecular flexibility index (Phi) is 5.85. The van der Waals surface area contributed by atoms with Crippen molar-refractivity contribution in [3.05, 3.63) is 0 Å². The molecule has 2 unspecified atom stereocenters. The summed E-state index contributed by atoms with van der Waals surface area (Å²) in [5.41, 5.74) is -0.665. The highest BCUT2D eigenvalue weighted by Crippen LogP contribution is 2.28. The Bertz CT molecular complexity index is 311. The van der Waals surface area contributed by atoms with Crippen molar-refractivity contribution < 1.29 is 14.6 Å². The van der Waals surface area contributed by atoms with E-state index in [9.17, 15) is 9.90 Å². The SMILES string of the molecule is CCCC1CC(C(=O)NCC2(O)CCCCC2)CCO1. The molecule has 0 bridgehead atoms. The summed E-state index contributed by atoms with van der Waals surface area (Å²) in [7, 11) is 0. The first-order chi connectivity index (χ1) is 9.63. The van der Waals surface area contributed by atoms with Crippen LogP contribution in [0.1, 0.15) is 64.7 Å². The summed E-state index contributed by atoms with van der Waals surface area (Å²) in [5.74, 6) is 0.167. The second kappa shape index (κ2) is 7.41. The van der Waals surface area contributed by atoms with Crippen LogP contribution in [0.3, 0.4) is 0 Å². The summed E-state index contributed by atoms with van der Waals surface area (Å²) >= 11 is 0. The molecule has 20 heavy (non-hydrogen) atoms. The third kappa shape index (κ3) is 4.45. The molecule has 1 aliphatic carbocycles. The first kappa shape index (κ1) is 15.8. The Morgan fingerprint density at radius 1 is 1.35 bits per heavy atom. The van der Waals surface area contributed by atoms with Crippen LogP contribution < -0.4 is 5.32 Å². The molecule has 1 aliphatic heterocycles. The zero-order chi connectivity index (χ0) is 14.4.